The molecule has 0 fully saturated rings. The van der Waals surface area contributed by atoms with Crippen LogP contribution in [-0.4, -0.2) is 31.1 Å². The van der Waals surface area contributed by atoms with Gasteiger partial charge >= 0.3 is 5.69 Å². The second kappa shape index (κ2) is 8.30. The highest BCUT2D eigenvalue weighted by Gasteiger charge is 2.21. The fourth-order valence-corrected chi connectivity index (χ4v) is 3.55. The second-order valence-electron chi connectivity index (χ2n) is 8.45. The second-order valence-corrected chi connectivity index (χ2v) is 8.45. The van der Waals surface area contributed by atoms with Gasteiger partial charge in [0.25, 0.3) is 5.56 Å². The third kappa shape index (κ3) is 4.22. The van der Waals surface area contributed by atoms with Crippen molar-refractivity contribution in [1.82, 2.24) is 24.0 Å². The van der Waals surface area contributed by atoms with E-state index in [1.165, 1.54) is 22.7 Å². The van der Waals surface area contributed by atoms with Gasteiger partial charge < -0.3 is 9.88 Å². The lowest BCUT2D eigenvalue weighted by Gasteiger charge is -2.26. The highest BCUT2D eigenvalue weighted by molar-refractivity contribution is 5.76. The molecule has 160 valence electrons. The minimum atomic E-state index is -0.409. The van der Waals surface area contributed by atoms with Crippen molar-refractivity contribution in [3.63, 3.8) is 0 Å². The van der Waals surface area contributed by atoms with E-state index in [0.717, 1.165) is 4.57 Å². The van der Waals surface area contributed by atoms with Crippen molar-refractivity contribution in [3.8, 4) is 0 Å². The van der Waals surface area contributed by atoms with E-state index >= 15 is 0 Å². The van der Waals surface area contributed by atoms with Gasteiger partial charge in [-0.25, -0.2) is 9.78 Å². The molecule has 0 atom stereocenters. The third-order valence-electron chi connectivity index (χ3n) is 5.55. The maximum absolute atomic E-state index is 12.5. The number of hydrogen-bond acceptors (Lipinski definition) is 4. The molecule has 1 N–H and O–H groups in total. The van der Waals surface area contributed by atoms with E-state index in [9.17, 15) is 14.4 Å². The highest BCUT2D eigenvalue weighted by Crippen LogP contribution is 2.23. The molecule has 2 heterocycles. The molecule has 0 aliphatic rings. The van der Waals surface area contributed by atoms with Crippen molar-refractivity contribution in [3.05, 3.63) is 62.6 Å². The van der Waals surface area contributed by atoms with Gasteiger partial charge in [0.15, 0.2) is 11.2 Å². The van der Waals surface area contributed by atoms with Gasteiger partial charge in [-0.1, -0.05) is 43.7 Å². The highest BCUT2D eigenvalue weighted by atomic mass is 16.2. The van der Waals surface area contributed by atoms with Gasteiger partial charge in [-0.05, 0) is 18.9 Å². The smallest absolute Gasteiger partial charge is 0.332 e. The van der Waals surface area contributed by atoms with Crippen LogP contribution >= 0.6 is 0 Å². The Labute approximate surface area is 175 Å². The van der Waals surface area contributed by atoms with Crippen LogP contribution in [0.15, 0.2) is 40.2 Å². The van der Waals surface area contributed by atoms with Crippen LogP contribution in [0.4, 0.5) is 0 Å². The molecule has 3 rings (SSSR count). The maximum Gasteiger partial charge on any atom is 0.332 e. The summed E-state index contributed by atoms with van der Waals surface area (Å²) in [7, 11) is 3.04. The number of imidazole rings is 1. The van der Waals surface area contributed by atoms with Crippen LogP contribution in [0.3, 0.4) is 0 Å². The van der Waals surface area contributed by atoms with Crippen LogP contribution in [-0.2, 0) is 30.8 Å². The first-order valence-electron chi connectivity index (χ1n) is 10.1. The first-order valence-corrected chi connectivity index (χ1v) is 10.1. The Kier molecular flexibility index (Phi) is 5.96. The number of nitrogens with zero attached hydrogens (tertiary/aromatic N) is 4. The number of aromatic nitrogens is 4. The van der Waals surface area contributed by atoms with Gasteiger partial charge in [0.1, 0.15) is 0 Å². The Balaban J connectivity index is 1.60. The zero-order valence-corrected chi connectivity index (χ0v) is 18.2. The molecule has 0 aliphatic carbocycles. The van der Waals surface area contributed by atoms with Crippen LogP contribution in [0, 0.1) is 6.92 Å². The summed E-state index contributed by atoms with van der Waals surface area (Å²) in [4.78, 5) is 41.0. The van der Waals surface area contributed by atoms with Crippen molar-refractivity contribution >= 4 is 17.1 Å². The molecule has 1 amide bonds. The first-order chi connectivity index (χ1) is 14.1. The van der Waals surface area contributed by atoms with Gasteiger partial charge in [-0.15, -0.1) is 0 Å². The normalized spacial score (nSPS) is 11.8. The monoisotopic (exact) mass is 411 g/mol. The number of benzene rings is 1. The molecule has 30 heavy (non-hydrogen) atoms. The molecule has 0 spiro atoms. The maximum atomic E-state index is 12.5. The van der Waals surface area contributed by atoms with E-state index in [1.54, 1.807) is 17.9 Å². The van der Waals surface area contributed by atoms with E-state index in [1.807, 2.05) is 6.07 Å². The quantitative estimate of drug-likeness (QED) is 0.640. The zero-order valence-electron chi connectivity index (χ0n) is 18.2. The minimum absolute atomic E-state index is 0.0274. The average Bonchev–Trinajstić information content (AvgIpc) is 3.13. The summed E-state index contributed by atoms with van der Waals surface area (Å²) >= 11 is 0. The summed E-state index contributed by atoms with van der Waals surface area (Å²) in [5.74, 6) is -0.0274. The fourth-order valence-electron chi connectivity index (χ4n) is 3.55. The predicted molar refractivity (Wildman–Crippen MR) is 117 cm³/mol. The molecule has 0 saturated carbocycles. The molecule has 0 bridgehead atoms. The number of nitrogens with one attached hydrogen (secondary N) is 1. The fraction of sp³-hybridized carbons (Fsp3) is 0.455. The summed E-state index contributed by atoms with van der Waals surface area (Å²) in [6.07, 6.45) is 2.45. The van der Waals surface area contributed by atoms with Gasteiger partial charge in [-0.3, -0.25) is 18.7 Å². The van der Waals surface area contributed by atoms with Crippen LogP contribution in [0.25, 0.3) is 11.2 Å². The number of fused-ring (bicyclic) bond motifs is 1. The molecule has 3 aromatic rings. The van der Waals surface area contributed by atoms with Crippen LogP contribution in [0.2, 0.25) is 0 Å². The molecule has 0 saturated heterocycles. The van der Waals surface area contributed by atoms with Crippen LogP contribution < -0.4 is 16.6 Å². The lowest BCUT2D eigenvalue weighted by molar-refractivity contribution is -0.121. The minimum Gasteiger partial charge on any atom is -0.355 e. The van der Waals surface area contributed by atoms with Crippen LogP contribution in [0.5, 0.6) is 0 Å². The van der Waals surface area contributed by atoms with Crippen LogP contribution in [0.1, 0.15) is 37.8 Å². The largest absolute Gasteiger partial charge is 0.355 e. The number of rotatable bonds is 7. The first kappa shape index (κ1) is 21.5. The average molecular weight is 412 g/mol. The van der Waals surface area contributed by atoms with Crippen molar-refractivity contribution in [1.29, 1.82) is 0 Å². The zero-order chi connectivity index (χ0) is 22.1. The van der Waals surface area contributed by atoms with Crippen molar-refractivity contribution in [2.45, 2.75) is 45.6 Å². The Morgan fingerprint density at radius 2 is 1.90 bits per heavy atom. The van der Waals surface area contributed by atoms with E-state index in [0.29, 0.717) is 37.1 Å². The van der Waals surface area contributed by atoms with Gasteiger partial charge in [-0.2, -0.15) is 0 Å². The Morgan fingerprint density at radius 3 is 2.60 bits per heavy atom. The summed E-state index contributed by atoms with van der Waals surface area (Å²) in [6, 6.07) is 8.31. The Morgan fingerprint density at radius 1 is 1.17 bits per heavy atom. The van der Waals surface area contributed by atoms with Crippen molar-refractivity contribution in [2.24, 2.45) is 14.1 Å². The molecule has 0 radical (unpaired) electrons. The van der Waals surface area contributed by atoms with Gasteiger partial charge in [0.05, 0.1) is 6.33 Å². The summed E-state index contributed by atoms with van der Waals surface area (Å²) in [6.45, 7) is 7.30. The Hall–Kier alpha value is -3.16. The SMILES string of the molecule is Cc1cccc(C(C)(C)CNC(=O)CCCn2cnc3c2c(=O)n(C)c(=O)n3C)c1. The van der Waals surface area contributed by atoms with E-state index in [-0.39, 0.29) is 16.9 Å². The number of aryl methyl sites for hydroxylation is 3. The molecule has 0 aliphatic heterocycles. The number of hydrogen-bond donors (Lipinski definition) is 1. The third-order valence-corrected chi connectivity index (χ3v) is 5.55. The predicted octanol–water partition coefficient (Wildman–Crippen LogP) is 1.62. The number of carbonyl (C=O) groups excluding carboxylic acids is 1. The topological polar surface area (TPSA) is 90.9 Å². The molecule has 8 nitrogen and oxygen atoms in total. The molecule has 8 heteroatoms. The standard InChI is InChI=1S/C22H29N5O3/c1-15-8-6-9-16(12-15)22(2,3)13-23-17(28)10-7-11-27-14-24-19-18(27)20(29)26(5)21(30)25(19)4/h6,8-9,12,14H,7,10-11,13H2,1-5H3,(H,23,28). The Bertz CT molecular complexity index is 1200. The van der Waals surface area contributed by atoms with Gasteiger partial charge in [0, 0.05) is 39.0 Å². The molecule has 1 aromatic carbocycles. The molecule has 0 unspecified atom stereocenters. The van der Waals surface area contributed by atoms with Crippen molar-refractivity contribution < 1.29 is 4.79 Å². The summed E-state index contributed by atoms with van der Waals surface area (Å²) in [5.41, 5.74) is 2.16. The lowest BCUT2D eigenvalue weighted by atomic mass is 9.84. The molecule has 2 aromatic heterocycles. The number of carbonyl (C=O) groups is 1. The van der Waals surface area contributed by atoms with E-state index in [2.05, 4.69) is 49.3 Å². The van der Waals surface area contributed by atoms with E-state index < -0.39 is 5.69 Å². The van der Waals surface area contributed by atoms with E-state index in [4.69, 9.17) is 0 Å². The lowest BCUT2D eigenvalue weighted by Crippen LogP contribution is -2.37. The molecular formula is C22H29N5O3. The summed E-state index contributed by atoms with van der Waals surface area (Å²) < 4.78 is 4.13. The van der Waals surface area contributed by atoms with Gasteiger partial charge in [0.2, 0.25) is 5.91 Å². The van der Waals surface area contributed by atoms with Crippen molar-refractivity contribution in [2.75, 3.05) is 6.54 Å². The number of amides is 1. The molecular weight excluding hydrogens is 382 g/mol. The summed E-state index contributed by atoms with van der Waals surface area (Å²) in [5, 5.41) is 3.02.